The number of hydrogen-bond acceptors (Lipinski definition) is 5. The van der Waals surface area contributed by atoms with Crippen molar-refractivity contribution >= 4 is 0 Å². The van der Waals surface area contributed by atoms with Crippen LogP contribution in [-0.4, -0.2) is 43.7 Å². The van der Waals surface area contributed by atoms with Gasteiger partial charge in [-0.25, -0.2) is 0 Å². The zero-order valence-electron chi connectivity index (χ0n) is 9.36. The summed E-state index contributed by atoms with van der Waals surface area (Å²) in [6, 6.07) is 0. The highest BCUT2D eigenvalue weighted by Crippen LogP contribution is 2.03. The number of aryl methyl sites for hydroxylation is 1. The molecule has 0 saturated heterocycles. The summed E-state index contributed by atoms with van der Waals surface area (Å²) in [7, 11) is 1.88. The van der Waals surface area contributed by atoms with Gasteiger partial charge in [0.2, 0.25) is 0 Å². The van der Waals surface area contributed by atoms with E-state index in [1.807, 2.05) is 18.5 Å². The number of nitrogens with zero attached hydrogens (tertiary/aromatic N) is 3. The molecule has 0 amide bonds. The highest BCUT2D eigenvalue weighted by molar-refractivity contribution is 4.94. The molecule has 1 rings (SSSR count). The molecule has 1 aromatic heterocycles. The predicted octanol–water partition coefficient (Wildman–Crippen LogP) is -1.04. The van der Waals surface area contributed by atoms with Gasteiger partial charge >= 0.3 is 0 Å². The number of rotatable bonds is 5. The van der Waals surface area contributed by atoms with Crippen LogP contribution < -0.4 is 5.32 Å². The summed E-state index contributed by atoms with van der Waals surface area (Å²) in [6.45, 7) is 3.83. The Morgan fingerprint density at radius 2 is 1.93 bits per heavy atom. The monoisotopic (exact) mass is 214 g/mol. The molecule has 0 spiro atoms. The van der Waals surface area contributed by atoms with E-state index in [2.05, 4.69) is 15.5 Å². The molecule has 6 heteroatoms. The van der Waals surface area contributed by atoms with E-state index in [9.17, 15) is 0 Å². The van der Waals surface area contributed by atoms with E-state index >= 15 is 0 Å². The van der Waals surface area contributed by atoms with Gasteiger partial charge in [-0.05, 0) is 13.8 Å². The van der Waals surface area contributed by atoms with E-state index < -0.39 is 5.54 Å². The molecule has 0 atom stereocenters. The second kappa shape index (κ2) is 4.69. The molecule has 3 N–H and O–H groups in total. The topological polar surface area (TPSA) is 83.2 Å². The van der Waals surface area contributed by atoms with E-state index in [0.29, 0.717) is 6.54 Å². The first-order valence-corrected chi connectivity index (χ1v) is 4.84. The van der Waals surface area contributed by atoms with Gasteiger partial charge in [0.05, 0.1) is 25.3 Å². The van der Waals surface area contributed by atoms with Gasteiger partial charge in [0.15, 0.2) is 0 Å². The number of hydrogen-bond donors (Lipinski definition) is 3. The van der Waals surface area contributed by atoms with Crippen molar-refractivity contribution in [1.29, 1.82) is 0 Å². The van der Waals surface area contributed by atoms with Crippen LogP contribution in [0.3, 0.4) is 0 Å². The predicted molar refractivity (Wildman–Crippen MR) is 55.2 cm³/mol. The highest BCUT2D eigenvalue weighted by atomic mass is 16.3. The van der Waals surface area contributed by atoms with Crippen LogP contribution >= 0.6 is 0 Å². The van der Waals surface area contributed by atoms with Gasteiger partial charge < -0.3 is 20.1 Å². The Kier molecular flexibility index (Phi) is 3.78. The van der Waals surface area contributed by atoms with Crippen molar-refractivity contribution in [3.05, 3.63) is 11.6 Å². The Labute approximate surface area is 89.0 Å². The molecule has 0 aromatic carbocycles. The molecular weight excluding hydrogens is 196 g/mol. The minimum absolute atomic E-state index is 0.125. The Bertz CT molecular complexity index is 320. The normalized spacial score (nSPS) is 12.1. The van der Waals surface area contributed by atoms with E-state index in [0.717, 1.165) is 11.6 Å². The third-order valence-electron chi connectivity index (χ3n) is 2.55. The molecule has 0 aliphatic heterocycles. The van der Waals surface area contributed by atoms with Crippen molar-refractivity contribution in [2.45, 2.75) is 25.9 Å². The van der Waals surface area contributed by atoms with Crippen molar-refractivity contribution in [3.63, 3.8) is 0 Å². The van der Waals surface area contributed by atoms with Gasteiger partial charge in [0, 0.05) is 7.05 Å². The average Bonchev–Trinajstić information content (AvgIpc) is 2.57. The summed E-state index contributed by atoms with van der Waals surface area (Å²) in [4.78, 5) is 0. The molecule has 0 bridgehead atoms. The third kappa shape index (κ3) is 2.74. The van der Waals surface area contributed by atoms with Crippen LogP contribution in [0.15, 0.2) is 0 Å². The lowest BCUT2D eigenvalue weighted by Crippen LogP contribution is -2.48. The summed E-state index contributed by atoms with van der Waals surface area (Å²) >= 11 is 0. The molecule has 0 fully saturated rings. The molecule has 0 radical (unpaired) electrons. The highest BCUT2D eigenvalue weighted by Gasteiger charge is 2.22. The Morgan fingerprint density at radius 1 is 1.33 bits per heavy atom. The van der Waals surface area contributed by atoms with E-state index in [1.54, 1.807) is 6.92 Å². The number of nitrogens with one attached hydrogen (secondary N) is 1. The fraction of sp³-hybridized carbons (Fsp3) is 0.778. The Morgan fingerprint density at radius 3 is 2.33 bits per heavy atom. The minimum Gasteiger partial charge on any atom is -0.394 e. The van der Waals surface area contributed by atoms with Gasteiger partial charge in [-0.2, -0.15) is 0 Å². The molecule has 0 saturated carbocycles. The maximum atomic E-state index is 9.07. The number of aliphatic hydroxyl groups excluding tert-OH is 2. The molecule has 0 aliphatic carbocycles. The van der Waals surface area contributed by atoms with Crippen LogP contribution in [-0.2, 0) is 13.6 Å². The van der Waals surface area contributed by atoms with E-state index in [4.69, 9.17) is 10.2 Å². The van der Waals surface area contributed by atoms with Crippen LogP contribution in [0, 0.1) is 6.92 Å². The molecule has 0 aliphatic rings. The Balaban J connectivity index is 2.60. The van der Waals surface area contributed by atoms with Crippen LogP contribution in [0.5, 0.6) is 0 Å². The van der Waals surface area contributed by atoms with E-state index in [1.165, 1.54) is 0 Å². The molecule has 15 heavy (non-hydrogen) atoms. The fourth-order valence-electron chi connectivity index (χ4n) is 1.06. The summed E-state index contributed by atoms with van der Waals surface area (Å²) in [6.07, 6.45) is 0. The van der Waals surface area contributed by atoms with Crippen molar-refractivity contribution in [2.75, 3.05) is 13.2 Å². The third-order valence-corrected chi connectivity index (χ3v) is 2.55. The molecule has 6 nitrogen and oxygen atoms in total. The summed E-state index contributed by atoms with van der Waals surface area (Å²) in [5, 5.41) is 29.1. The van der Waals surface area contributed by atoms with Crippen LogP contribution in [0.1, 0.15) is 18.6 Å². The van der Waals surface area contributed by atoms with E-state index in [-0.39, 0.29) is 13.2 Å². The lowest BCUT2D eigenvalue weighted by Gasteiger charge is -2.25. The average molecular weight is 214 g/mol. The molecular formula is C9H18N4O2. The number of aliphatic hydroxyl groups is 2. The molecule has 0 unspecified atom stereocenters. The lowest BCUT2D eigenvalue weighted by molar-refractivity contribution is 0.102. The van der Waals surface area contributed by atoms with Crippen LogP contribution in [0.2, 0.25) is 0 Å². The lowest BCUT2D eigenvalue weighted by atomic mass is 10.1. The number of aromatic nitrogens is 3. The van der Waals surface area contributed by atoms with Gasteiger partial charge in [0.1, 0.15) is 11.6 Å². The van der Waals surface area contributed by atoms with Gasteiger partial charge in [-0.1, -0.05) is 0 Å². The van der Waals surface area contributed by atoms with Gasteiger partial charge in [-0.3, -0.25) is 0 Å². The molecule has 86 valence electrons. The molecule has 1 heterocycles. The standard InChI is InChI=1S/C9H18N4O2/c1-7-11-12-8(13(7)3)4-10-9(2,5-14)6-15/h10,14-15H,4-6H2,1-3H3. The van der Waals surface area contributed by atoms with Crippen LogP contribution in [0.25, 0.3) is 0 Å². The first kappa shape index (κ1) is 12.1. The van der Waals surface area contributed by atoms with Crippen LogP contribution in [0.4, 0.5) is 0 Å². The van der Waals surface area contributed by atoms with Crippen molar-refractivity contribution in [2.24, 2.45) is 7.05 Å². The maximum absolute atomic E-state index is 9.07. The summed E-state index contributed by atoms with van der Waals surface area (Å²) < 4.78 is 1.86. The first-order valence-electron chi connectivity index (χ1n) is 4.84. The van der Waals surface area contributed by atoms with Crippen molar-refractivity contribution in [3.8, 4) is 0 Å². The largest absolute Gasteiger partial charge is 0.394 e. The van der Waals surface area contributed by atoms with Gasteiger partial charge in [-0.15, -0.1) is 10.2 Å². The second-order valence-corrected chi connectivity index (χ2v) is 3.95. The minimum atomic E-state index is -0.681. The van der Waals surface area contributed by atoms with Gasteiger partial charge in [0.25, 0.3) is 0 Å². The Hall–Kier alpha value is -0.980. The smallest absolute Gasteiger partial charge is 0.146 e. The summed E-state index contributed by atoms with van der Waals surface area (Å²) in [5.74, 6) is 1.61. The fourth-order valence-corrected chi connectivity index (χ4v) is 1.06. The zero-order valence-corrected chi connectivity index (χ0v) is 9.36. The summed E-state index contributed by atoms with van der Waals surface area (Å²) in [5.41, 5.74) is -0.681. The quantitative estimate of drug-likeness (QED) is 0.583. The second-order valence-electron chi connectivity index (χ2n) is 3.95. The first-order chi connectivity index (χ1) is 7.02. The van der Waals surface area contributed by atoms with Crippen molar-refractivity contribution < 1.29 is 10.2 Å². The molecule has 1 aromatic rings. The van der Waals surface area contributed by atoms with Crippen molar-refractivity contribution in [1.82, 2.24) is 20.1 Å². The zero-order chi connectivity index (χ0) is 11.5. The maximum Gasteiger partial charge on any atom is 0.146 e. The SMILES string of the molecule is Cc1nnc(CNC(C)(CO)CO)n1C.